The highest BCUT2D eigenvalue weighted by Gasteiger charge is 2.37. The highest BCUT2D eigenvalue weighted by atomic mass is 35.5. The van der Waals surface area contributed by atoms with Gasteiger partial charge < -0.3 is 20.7 Å². The number of fused-ring (bicyclic) bond motifs is 4. The van der Waals surface area contributed by atoms with Gasteiger partial charge in [-0.05, 0) is 82.5 Å². The summed E-state index contributed by atoms with van der Waals surface area (Å²) in [7, 11) is 0. The van der Waals surface area contributed by atoms with E-state index in [2.05, 4.69) is 31.3 Å². The molecule has 4 unspecified atom stereocenters. The summed E-state index contributed by atoms with van der Waals surface area (Å²) in [4.78, 5) is 56.3. The lowest BCUT2D eigenvalue weighted by atomic mass is 9.95. The van der Waals surface area contributed by atoms with E-state index in [0.29, 0.717) is 41.9 Å². The van der Waals surface area contributed by atoms with Gasteiger partial charge in [0.2, 0.25) is 17.7 Å². The summed E-state index contributed by atoms with van der Waals surface area (Å²) in [5, 5.41) is 18.3. The van der Waals surface area contributed by atoms with E-state index >= 15 is 0 Å². The monoisotopic (exact) mass is 691 g/mol. The first-order valence-electron chi connectivity index (χ1n) is 16.1. The summed E-state index contributed by atoms with van der Waals surface area (Å²) >= 11 is 5.97. The molecule has 4 atom stereocenters. The fraction of sp³-hybridized carbons (Fsp3) is 0.400. The third-order valence-corrected chi connectivity index (χ3v) is 8.48. The van der Waals surface area contributed by atoms with Crippen LogP contribution in [0, 0.1) is 11.7 Å². The Morgan fingerprint density at radius 3 is 2.63 bits per heavy atom. The standard InChI is InChI=1S/C35H39ClFN7O5/c1-19-8-6-10-25(40-34(48)32-20(2)44(43-42-32)28-11-7-9-24(36)31(28)37)27-16-21(14-15-38-27)23-13-12-22(17-26(23)41-33(19)47)39-29(45)18-30(46)49-35(3,4)5/h7,9,11-17,19-20,25,32H,6,8,10,18H2,1-5H3,(H,39,45)(H,40,48)(H,41,47). The van der Waals surface area contributed by atoms with E-state index < -0.39 is 53.7 Å². The number of esters is 1. The zero-order valence-corrected chi connectivity index (χ0v) is 28.7. The number of ether oxygens (including phenoxy) is 1. The summed E-state index contributed by atoms with van der Waals surface area (Å²) < 4.78 is 20.0. The van der Waals surface area contributed by atoms with Gasteiger partial charge in [-0.1, -0.05) is 42.3 Å². The van der Waals surface area contributed by atoms with Crippen molar-refractivity contribution in [2.45, 2.75) is 84.0 Å². The molecule has 0 saturated heterocycles. The molecule has 258 valence electrons. The topological polar surface area (TPSA) is 154 Å². The van der Waals surface area contributed by atoms with E-state index in [1.165, 1.54) is 17.1 Å². The summed E-state index contributed by atoms with van der Waals surface area (Å²) in [5.74, 6) is -2.83. The lowest BCUT2D eigenvalue weighted by Crippen LogP contribution is -2.44. The summed E-state index contributed by atoms with van der Waals surface area (Å²) in [5.41, 5.74) is 2.23. The van der Waals surface area contributed by atoms with Crippen LogP contribution in [0.25, 0.3) is 11.1 Å². The van der Waals surface area contributed by atoms with Crippen molar-refractivity contribution in [3.63, 3.8) is 0 Å². The Bertz CT molecular complexity index is 1800. The number of hydrogen-bond acceptors (Lipinski definition) is 9. The van der Waals surface area contributed by atoms with Gasteiger partial charge in [-0.2, -0.15) is 5.11 Å². The number of halogens is 2. The van der Waals surface area contributed by atoms with Crippen LogP contribution in [-0.2, 0) is 23.9 Å². The molecule has 14 heteroatoms. The molecule has 3 aromatic rings. The van der Waals surface area contributed by atoms with Crippen molar-refractivity contribution in [1.29, 1.82) is 0 Å². The Kier molecular flexibility index (Phi) is 10.6. The van der Waals surface area contributed by atoms with Gasteiger partial charge in [0.15, 0.2) is 11.9 Å². The minimum atomic E-state index is -0.919. The lowest BCUT2D eigenvalue weighted by molar-refractivity contribution is -0.155. The summed E-state index contributed by atoms with van der Waals surface area (Å²) in [6.45, 7) is 8.72. The highest BCUT2D eigenvalue weighted by Crippen LogP contribution is 2.35. The van der Waals surface area contributed by atoms with E-state index in [-0.39, 0.29) is 22.5 Å². The van der Waals surface area contributed by atoms with Crippen LogP contribution in [0.15, 0.2) is 65.1 Å². The third-order valence-electron chi connectivity index (χ3n) is 8.19. The molecular formula is C35H39ClFN7O5. The van der Waals surface area contributed by atoms with Crippen molar-refractivity contribution in [3.8, 4) is 11.1 Å². The number of benzene rings is 2. The molecule has 2 aliphatic rings. The van der Waals surface area contributed by atoms with Gasteiger partial charge in [0, 0.05) is 23.4 Å². The normalized spacial score (nSPS) is 20.7. The van der Waals surface area contributed by atoms with Crippen LogP contribution in [-0.4, -0.2) is 46.4 Å². The number of anilines is 3. The number of nitrogens with one attached hydrogen (secondary N) is 3. The Labute approximate surface area is 288 Å². The Morgan fingerprint density at radius 1 is 1.10 bits per heavy atom. The zero-order valence-electron chi connectivity index (χ0n) is 27.9. The Hall–Kier alpha value is -4.91. The van der Waals surface area contributed by atoms with E-state index in [1.807, 2.05) is 13.0 Å². The summed E-state index contributed by atoms with van der Waals surface area (Å²) in [6, 6.07) is 11.2. The number of carbonyl (C=O) groups is 4. The first kappa shape index (κ1) is 35.4. The first-order valence-corrected chi connectivity index (χ1v) is 16.5. The van der Waals surface area contributed by atoms with Gasteiger partial charge in [-0.15, -0.1) is 0 Å². The van der Waals surface area contributed by atoms with Crippen molar-refractivity contribution in [2.75, 3.05) is 15.6 Å². The molecule has 2 aliphatic heterocycles. The predicted molar refractivity (Wildman–Crippen MR) is 183 cm³/mol. The van der Waals surface area contributed by atoms with Crippen molar-refractivity contribution in [3.05, 3.63) is 71.3 Å². The van der Waals surface area contributed by atoms with Gasteiger partial charge in [0.1, 0.15) is 12.0 Å². The molecule has 2 aromatic carbocycles. The minimum Gasteiger partial charge on any atom is -0.460 e. The van der Waals surface area contributed by atoms with Crippen LogP contribution in [0.5, 0.6) is 0 Å². The number of aromatic nitrogens is 1. The maximum atomic E-state index is 14.8. The zero-order chi connectivity index (χ0) is 35.5. The van der Waals surface area contributed by atoms with Crippen LogP contribution in [0.3, 0.4) is 0 Å². The van der Waals surface area contributed by atoms with Crippen molar-refractivity contribution < 1.29 is 28.3 Å². The number of nitrogens with zero attached hydrogens (tertiary/aromatic N) is 4. The van der Waals surface area contributed by atoms with Gasteiger partial charge in [0.25, 0.3) is 0 Å². The van der Waals surface area contributed by atoms with Crippen molar-refractivity contribution >= 4 is 52.4 Å². The molecule has 49 heavy (non-hydrogen) atoms. The Morgan fingerprint density at radius 2 is 1.88 bits per heavy atom. The van der Waals surface area contributed by atoms with Crippen LogP contribution in [0.1, 0.15) is 72.0 Å². The van der Waals surface area contributed by atoms with Crippen LogP contribution in [0.2, 0.25) is 5.02 Å². The van der Waals surface area contributed by atoms with Gasteiger partial charge in [-0.25, -0.2) is 9.40 Å². The quantitative estimate of drug-likeness (QED) is 0.190. The number of pyridine rings is 1. The van der Waals surface area contributed by atoms with E-state index in [4.69, 9.17) is 16.3 Å². The first-order chi connectivity index (χ1) is 23.2. The summed E-state index contributed by atoms with van der Waals surface area (Å²) in [6.07, 6.45) is 2.79. The van der Waals surface area contributed by atoms with Crippen LogP contribution in [0.4, 0.5) is 21.5 Å². The van der Waals surface area contributed by atoms with Crippen LogP contribution < -0.4 is 21.0 Å². The second-order valence-electron chi connectivity index (χ2n) is 13.2. The molecule has 3 heterocycles. The van der Waals surface area contributed by atoms with Crippen molar-refractivity contribution in [1.82, 2.24) is 10.3 Å². The minimum absolute atomic E-state index is 0.0596. The van der Waals surface area contributed by atoms with E-state index in [9.17, 15) is 23.6 Å². The number of rotatable bonds is 6. The second kappa shape index (κ2) is 14.7. The number of hydrogen-bond donors (Lipinski definition) is 3. The molecule has 0 saturated carbocycles. The molecule has 3 N–H and O–H groups in total. The molecule has 2 bridgehead atoms. The molecule has 0 spiro atoms. The molecule has 12 nitrogen and oxygen atoms in total. The Balaban J connectivity index is 1.38. The average molecular weight is 692 g/mol. The SMILES string of the molecule is CC1CCCC(NC(=O)C2N=NN(c3cccc(Cl)c3F)C2C)c2cc(ccn2)-c2ccc(NC(=O)CC(=O)OC(C)(C)C)cc2NC1=O. The molecule has 5 rings (SSSR count). The van der Waals surface area contributed by atoms with Crippen molar-refractivity contribution in [2.24, 2.45) is 16.3 Å². The smallest absolute Gasteiger partial charge is 0.315 e. The highest BCUT2D eigenvalue weighted by molar-refractivity contribution is 6.31. The molecule has 0 radical (unpaired) electrons. The third kappa shape index (κ3) is 8.58. The predicted octanol–water partition coefficient (Wildman–Crippen LogP) is 6.77. The lowest BCUT2D eigenvalue weighted by Gasteiger charge is -2.25. The van der Waals surface area contributed by atoms with Crippen LogP contribution >= 0.6 is 11.6 Å². The molecule has 1 aromatic heterocycles. The van der Waals surface area contributed by atoms with E-state index in [0.717, 1.165) is 5.56 Å². The van der Waals surface area contributed by atoms with Gasteiger partial charge in [-0.3, -0.25) is 24.2 Å². The molecular weight excluding hydrogens is 653 g/mol. The molecule has 3 amide bonds. The van der Waals surface area contributed by atoms with E-state index in [1.54, 1.807) is 64.2 Å². The average Bonchev–Trinajstić information content (AvgIpc) is 3.41. The molecule has 0 fully saturated rings. The second-order valence-corrected chi connectivity index (χ2v) is 13.6. The van der Waals surface area contributed by atoms with Gasteiger partial charge in [0.05, 0.1) is 34.2 Å². The number of carbonyl (C=O) groups excluding carboxylic acids is 4. The molecule has 0 aliphatic carbocycles. The fourth-order valence-corrected chi connectivity index (χ4v) is 5.86. The van der Waals surface area contributed by atoms with Gasteiger partial charge >= 0.3 is 5.97 Å². The fourth-order valence-electron chi connectivity index (χ4n) is 5.70. The largest absolute Gasteiger partial charge is 0.460 e. The number of amides is 3. The maximum absolute atomic E-state index is 14.8. The maximum Gasteiger partial charge on any atom is 0.315 e.